The molecule has 0 saturated carbocycles. The second kappa shape index (κ2) is 12.1. The van der Waals surface area contributed by atoms with Crippen molar-refractivity contribution in [2.75, 3.05) is 32.8 Å². The summed E-state index contributed by atoms with van der Waals surface area (Å²) >= 11 is 0. The SMILES string of the molecule is CCNC(=NCc1cccc(Cn2cncn2)c1)NCc1ccccc1CN1CCOCC1. The molecule has 8 heteroatoms. The van der Waals surface area contributed by atoms with E-state index in [1.807, 2.05) is 4.68 Å². The summed E-state index contributed by atoms with van der Waals surface area (Å²) in [5, 5.41) is 11.1. The van der Waals surface area contributed by atoms with Gasteiger partial charge in [0.15, 0.2) is 5.96 Å². The van der Waals surface area contributed by atoms with Gasteiger partial charge in [0, 0.05) is 32.7 Å². The lowest BCUT2D eigenvalue weighted by atomic mass is 10.1. The molecule has 1 fully saturated rings. The third-order valence-electron chi connectivity index (χ3n) is 5.63. The molecule has 174 valence electrons. The predicted molar refractivity (Wildman–Crippen MR) is 130 cm³/mol. The number of benzene rings is 2. The fourth-order valence-electron chi connectivity index (χ4n) is 3.90. The second-order valence-electron chi connectivity index (χ2n) is 8.12. The van der Waals surface area contributed by atoms with Crippen LogP contribution >= 0.6 is 0 Å². The minimum atomic E-state index is 0.607. The molecule has 4 rings (SSSR count). The molecule has 8 nitrogen and oxygen atoms in total. The molecule has 1 aliphatic heterocycles. The molecule has 33 heavy (non-hydrogen) atoms. The maximum absolute atomic E-state index is 5.49. The molecule has 2 N–H and O–H groups in total. The van der Waals surface area contributed by atoms with Gasteiger partial charge in [0.25, 0.3) is 0 Å². The molecule has 0 unspecified atom stereocenters. The molecule has 1 saturated heterocycles. The van der Waals surface area contributed by atoms with Crippen LogP contribution in [0.25, 0.3) is 0 Å². The number of guanidine groups is 1. The molecular formula is C25H33N7O. The normalized spacial score (nSPS) is 14.9. The first kappa shape index (κ1) is 22.9. The fraction of sp³-hybridized carbons (Fsp3) is 0.400. The van der Waals surface area contributed by atoms with E-state index in [0.717, 1.165) is 57.5 Å². The van der Waals surface area contributed by atoms with Crippen LogP contribution < -0.4 is 10.6 Å². The predicted octanol–water partition coefficient (Wildman–Crippen LogP) is 2.41. The molecule has 0 radical (unpaired) electrons. The number of rotatable bonds is 9. The van der Waals surface area contributed by atoms with Crippen molar-refractivity contribution in [3.05, 3.63) is 83.4 Å². The molecule has 0 amide bonds. The Kier molecular flexibility index (Phi) is 8.43. The first-order chi connectivity index (χ1) is 16.3. The van der Waals surface area contributed by atoms with E-state index in [-0.39, 0.29) is 0 Å². The van der Waals surface area contributed by atoms with Gasteiger partial charge in [-0.2, -0.15) is 5.10 Å². The topological polar surface area (TPSA) is 79.6 Å². The van der Waals surface area contributed by atoms with E-state index in [1.165, 1.54) is 16.7 Å². The summed E-state index contributed by atoms with van der Waals surface area (Å²) in [4.78, 5) is 11.3. The van der Waals surface area contributed by atoms with Crippen LogP contribution in [0.2, 0.25) is 0 Å². The van der Waals surface area contributed by atoms with Gasteiger partial charge in [-0.15, -0.1) is 0 Å². The Balaban J connectivity index is 1.37. The highest BCUT2D eigenvalue weighted by molar-refractivity contribution is 5.79. The highest BCUT2D eigenvalue weighted by Gasteiger charge is 2.12. The van der Waals surface area contributed by atoms with Gasteiger partial charge in [0.1, 0.15) is 12.7 Å². The van der Waals surface area contributed by atoms with Crippen molar-refractivity contribution in [2.24, 2.45) is 4.99 Å². The van der Waals surface area contributed by atoms with E-state index < -0.39 is 0 Å². The van der Waals surface area contributed by atoms with Gasteiger partial charge in [0.05, 0.1) is 26.3 Å². The van der Waals surface area contributed by atoms with Gasteiger partial charge in [-0.1, -0.05) is 48.5 Å². The highest BCUT2D eigenvalue weighted by Crippen LogP contribution is 2.13. The van der Waals surface area contributed by atoms with E-state index in [1.54, 1.807) is 12.7 Å². The van der Waals surface area contributed by atoms with Crippen LogP contribution in [0, 0.1) is 0 Å². The summed E-state index contributed by atoms with van der Waals surface area (Å²) in [6, 6.07) is 17.1. The number of ether oxygens (including phenoxy) is 1. The largest absolute Gasteiger partial charge is 0.379 e. The quantitative estimate of drug-likeness (QED) is 0.387. The van der Waals surface area contributed by atoms with Crippen LogP contribution in [0.3, 0.4) is 0 Å². The summed E-state index contributed by atoms with van der Waals surface area (Å²) in [5.74, 6) is 0.820. The average molecular weight is 448 g/mol. The number of morpholine rings is 1. The number of hydrogen-bond donors (Lipinski definition) is 2. The van der Waals surface area contributed by atoms with Gasteiger partial charge in [-0.3, -0.25) is 4.90 Å². The van der Waals surface area contributed by atoms with E-state index in [9.17, 15) is 0 Å². The smallest absolute Gasteiger partial charge is 0.191 e. The van der Waals surface area contributed by atoms with Crippen LogP contribution in [0.1, 0.15) is 29.2 Å². The van der Waals surface area contributed by atoms with Crippen LogP contribution in [-0.4, -0.2) is 58.5 Å². The minimum absolute atomic E-state index is 0.607. The molecule has 0 aliphatic carbocycles. The van der Waals surface area contributed by atoms with Crippen molar-refractivity contribution in [1.29, 1.82) is 0 Å². The molecule has 0 atom stereocenters. The fourth-order valence-corrected chi connectivity index (χ4v) is 3.90. The van der Waals surface area contributed by atoms with Crippen LogP contribution in [0.4, 0.5) is 0 Å². The van der Waals surface area contributed by atoms with E-state index in [2.05, 4.69) is 81.1 Å². The standard InChI is InChI=1S/C25H33N7O/c1-2-27-25(28-15-21-6-5-7-22(14-21)17-32-20-26-19-30-32)29-16-23-8-3-4-9-24(23)18-31-10-12-33-13-11-31/h3-9,14,19-20H,2,10-13,15-18H2,1H3,(H2,27,28,29). The van der Waals surface area contributed by atoms with Crippen molar-refractivity contribution in [3.8, 4) is 0 Å². The zero-order valence-electron chi connectivity index (χ0n) is 19.3. The lowest BCUT2D eigenvalue weighted by Crippen LogP contribution is -2.38. The molecule has 1 aromatic heterocycles. The number of nitrogens with one attached hydrogen (secondary N) is 2. The third-order valence-corrected chi connectivity index (χ3v) is 5.63. The van der Waals surface area contributed by atoms with Gasteiger partial charge in [0.2, 0.25) is 0 Å². The third kappa shape index (κ3) is 7.13. The zero-order valence-corrected chi connectivity index (χ0v) is 19.3. The second-order valence-corrected chi connectivity index (χ2v) is 8.12. The van der Waals surface area contributed by atoms with Gasteiger partial charge in [-0.05, 0) is 29.2 Å². The summed E-state index contributed by atoms with van der Waals surface area (Å²) in [6.45, 7) is 9.51. The Bertz CT molecular complexity index is 1010. The number of nitrogens with zero attached hydrogens (tertiary/aromatic N) is 5. The Morgan fingerprint density at radius 2 is 1.82 bits per heavy atom. The summed E-state index contributed by atoms with van der Waals surface area (Å²) in [6.07, 6.45) is 3.29. The summed E-state index contributed by atoms with van der Waals surface area (Å²) < 4.78 is 7.31. The van der Waals surface area contributed by atoms with Crippen LogP contribution in [-0.2, 0) is 30.9 Å². The molecular weight excluding hydrogens is 414 g/mol. The lowest BCUT2D eigenvalue weighted by Gasteiger charge is -2.27. The molecule has 1 aliphatic rings. The van der Waals surface area contributed by atoms with E-state index >= 15 is 0 Å². The van der Waals surface area contributed by atoms with Crippen molar-refractivity contribution < 1.29 is 4.74 Å². The highest BCUT2D eigenvalue weighted by atomic mass is 16.5. The Hall–Kier alpha value is -3.23. The number of aliphatic imine (C=N–C) groups is 1. The van der Waals surface area contributed by atoms with Gasteiger partial charge >= 0.3 is 0 Å². The zero-order chi connectivity index (χ0) is 22.7. The molecule has 3 aromatic rings. The van der Waals surface area contributed by atoms with Crippen LogP contribution in [0.5, 0.6) is 0 Å². The first-order valence-electron chi connectivity index (χ1n) is 11.6. The number of hydrogen-bond acceptors (Lipinski definition) is 5. The van der Waals surface area contributed by atoms with Gasteiger partial charge in [-0.25, -0.2) is 14.7 Å². The van der Waals surface area contributed by atoms with Crippen molar-refractivity contribution >= 4 is 5.96 Å². The van der Waals surface area contributed by atoms with E-state index in [0.29, 0.717) is 13.1 Å². The molecule has 2 aromatic carbocycles. The molecule has 2 heterocycles. The van der Waals surface area contributed by atoms with Crippen molar-refractivity contribution in [1.82, 2.24) is 30.3 Å². The lowest BCUT2D eigenvalue weighted by molar-refractivity contribution is 0.0341. The summed E-state index contributed by atoms with van der Waals surface area (Å²) in [7, 11) is 0. The van der Waals surface area contributed by atoms with Gasteiger partial charge < -0.3 is 15.4 Å². The Morgan fingerprint density at radius 1 is 1.00 bits per heavy atom. The van der Waals surface area contributed by atoms with Crippen LogP contribution in [0.15, 0.2) is 66.2 Å². The number of aromatic nitrogens is 3. The van der Waals surface area contributed by atoms with E-state index in [4.69, 9.17) is 9.73 Å². The van der Waals surface area contributed by atoms with Crippen molar-refractivity contribution in [2.45, 2.75) is 33.1 Å². The molecule has 0 spiro atoms. The maximum Gasteiger partial charge on any atom is 0.191 e. The average Bonchev–Trinajstić information content (AvgIpc) is 3.36. The minimum Gasteiger partial charge on any atom is -0.379 e. The molecule has 0 bridgehead atoms. The Morgan fingerprint density at radius 3 is 2.61 bits per heavy atom. The monoisotopic (exact) mass is 447 g/mol. The maximum atomic E-state index is 5.49. The first-order valence-corrected chi connectivity index (χ1v) is 11.6. The Labute approximate surface area is 195 Å². The summed E-state index contributed by atoms with van der Waals surface area (Å²) in [5.41, 5.74) is 4.99. The van der Waals surface area contributed by atoms with Crippen molar-refractivity contribution in [3.63, 3.8) is 0 Å².